The van der Waals surface area contributed by atoms with Crippen LogP contribution in [0.4, 0.5) is 4.39 Å². The molecular formula is C9H16FNO2. The highest BCUT2D eigenvalue weighted by molar-refractivity contribution is 6.36. The van der Waals surface area contributed by atoms with E-state index in [0.29, 0.717) is 6.42 Å². The lowest BCUT2D eigenvalue weighted by Gasteiger charge is -2.07. The number of Topliss-reactive ketones (excluding diaryl/α,β-unsaturated/α-hetero) is 1. The molecule has 1 amide bonds. The average Bonchev–Trinajstić information content (AvgIpc) is 2.13. The summed E-state index contributed by atoms with van der Waals surface area (Å²) >= 11 is 0. The summed E-state index contributed by atoms with van der Waals surface area (Å²) < 4.78 is 11.6. The number of alkyl halides is 1. The van der Waals surface area contributed by atoms with Gasteiger partial charge in [0.05, 0.1) is 0 Å². The van der Waals surface area contributed by atoms with E-state index >= 15 is 0 Å². The number of carbonyl (C=O) groups excluding carboxylic acids is 2. The second-order valence-electron chi connectivity index (χ2n) is 3.00. The van der Waals surface area contributed by atoms with Crippen LogP contribution in [0, 0.1) is 5.92 Å². The monoisotopic (exact) mass is 189 g/mol. The third-order valence-corrected chi connectivity index (χ3v) is 1.77. The summed E-state index contributed by atoms with van der Waals surface area (Å²) in [5.74, 6) is -1.38. The van der Waals surface area contributed by atoms with Crippen molar-refractivity contribution in [3.8, 4) is 0 Å². The molecule has 0 aromatic heterocycles. The lowest BCUT2D eigenvalue weighted by Crippen LogP contribution is -2.35. The van der Waals surface area contributed by atoms with E-state index < -0.39 is 18.4 Å². The fraction of sp³-hybridized carbons (Fsp3) is 0.778. The molecule has 4 heteroatoms. The van der Waals surface area contributed by atoms with Crippen LogP contribution in [0.1, 0.15) is 26.7 Å². The molecule has 0 saturated heterocycles. The first kappa shape index (κ1) is 12.1. The summed E-state index contributed by atoms with van der Waals surface area (Å²) in [5, 5.41) is 2.21. The number of amides is 1. The molecule has 0 aliphatic carbocycles. The molecule has 13 heavy (non-hydrogen) atoms. The highest BCUT2D eigenvalue weighted by Gasteiger charge is 2.19. The fourth-order valence-corrected chi connectivity index (χ4v) is 1.04. The predicted octanol–water partition coefficient (Wildman–Crippen LogP) is 1.08. The highest BCUT2D eigenvalue weighted by atomic mass is 19.1. The normalized spacial score (nSPS) is 12.2. The molecule has 0 fully saturated rings. The molecule has 0 aromatic rings. The van der Waals surface area contributed by atoms with Gasteiger partial charge in [0.1, 0.15) is 6.67 Å². The van der Waals surface area contributed by atoms with E-state index in [2.05, 4.69) is 5.32 Å². The minimum Gasteiger partial charge on any atom is -0.347 e. The molecule has 0 heterocycles. The van der Waals surface area contributed by atoms with Crippen LogP contribution in [0.15, 0.2) is 0 Å². The number of halogens is 1. The molecular weight excluding hydrogens is 173 g/mol. The van der Waals surface area contributed by atoms with Crippen LogP contribution in [0.2, 0.25) is 0 Å². The number of hydrogen-bond donors (Lipinski definition) is 1. The smallest absolute Gasteiger partial charge is 0.287 e. The van der Waals surface area contributed by atoms with Crippen molar-refractivity contribution >= 4 is 11.7 Å². The van der Waals surface area contributed by atoms with Crippen molar-refractivity contribution in [2.24, 2.45) is 5.92 Å². The summed E-state index contributed by atoms with van der Waals surface area (Å²) in [6.45, 7) is 2.94. The number of hydrogen-bond acceptors (Lipinski definition) is 2. The summed E-state index contributed by atoms with van der Waals surface area (Å²) in [5.41, 5.74) is 0. The molecule has 1 atom stereocenters. The largest absolute Gasteiger partial charge is 0.347 e. The second-order valence-corrected chi connectivity index (χ2v) is 3.00. The molecule has 1 N–H and O–H groups in total. The Labute approximate surface area is 77.7 Å². The maximum atomic E-state index is 11.6. The van der Waals surface area contributed by atoms with Gasteiger partial charge in [0.2, 0.25) is 5.78 Å². The lowest BCUT2D eigenvalue weighted by atomic mass is 10.0. The van der Waals surface area contributed by atoms with Gasteiger partial charge in [-0.15, -0.1) is 0 Å². The van der Waals surface area contributed by atoms with E-state index in [-0.39, 0.29) is 12.5 Å². The Hall–Kier alpha value is -0.930. The van der Waals surface area contributed by atoms with Gasteiger partial charge in [0.15, 0.2) is 0 Å². The van der Waals surface area contributed by atoms with Crippen molar-refractivity contribution in [2.45, 2.75) is 26.7 Å². The zero-order valence-corrected chi connectivity index (χ0v) is 8.10. The van der Waals surface area contributed by atoms with Crippen molar-refractivity contribution in [1.29, 1.82) is 0 Å². The second kappa shape index (κ2) is 6.57. The van der Waals surface area contributed by atoms with Crippen LogP contribution >= 0.6 is 0 Å². The Morgan fingerprint density at radius 3 is 2.54 bits per heavy atom. The quantitative estimate of drug-likeness (QED) is 0.635. The molecule has 3 nitrogen and oxygen atoms in total. The minimum absolute atomic E-state index is 0.0799. The van der Waals surface area contributed by atoms with Crippen LogP contribution in [-0.2, 0) is 9.59 Å². The average molecular weight is 189 g/mol. The molecule has 0 bridgehead atoms. The molecule has 0 rings (SSSR count). The number of carbonyl (C=O) groups is 2. The zero-order chi connectivity index (χ0) is 10.3. The van der Waals surface area contributed by atoms with Gasteiger partial charge in [-0.25, -0.2) is 4.39 Å². The van der Waals surface area contributed by atoms with E-state index in [1.807, 2.05) is 6.92 Å². The van der Waals surface area contributed by atoms with Crippen LogP contribution in [0.25, 0.3) is 0 Å². The van der Waals surface area contributed by atoms with Crippen molar-refractivity contribution in [3.05, 3.63) is 0 Å². The molecule has 0 radical (unpaired) electrons. The maximum absolute atomic E-state index is 11.6. The van der Waals surface area contributed by atoms with Gasteiger partial charge in [-0.1, -0.05) is 20.3 Å². The summed E-state index contributed by atoms with van der Waals surface area (Å²) in [6.07, 6.45) is 1.56. The van der Waals surface area contributed by atoms with Gasteiger partial charge in [-0.2, -0.15) is 0 Å². The summed E-state index contributed by atoms with van der Waals surface area (Å²) in [6, 6.07) is 0. The Bertz CT molecular complexity index is 182. The molecule has 0 aromatic carbocycles. The SMILES string of the molecule is CCCC(C)C(=O)C(=O)NCCF. The van der Waals surface area contributed by atoms with E-state index in [9.17, 15) is 14.0 Å². The van der Waals surface area contributed by atoms with Gasteiger partial charge in [-0.3, -0.25) is 9.59 Å². The van der Waals surface area contributed by atoms with Crippen LogP contribution in [-0.4, -0.2) is 24.9 Å². The van der Waals surface area contributed by atoms with E-state index in [4.69, 9.17) is 0 Å². The molecule has 0 aliphatic rings. The van der Waals surface area contributed by atoms with E-state index in [1.54, 1.807) is 6.92 Å². The maximum Gasteiger partial charge on any atom is 0.287 e. The number of nitrogens with one attached hydrogen (secondary N) is 1. The first-order valence-electron chi connectivity index (χ1n) is 4.51. The van der Waals surface area contributed by atoms with Crippen molar-refractivity contribution < 1.29 is 14.0 Å². The molecule has 0 saturated carbocycles. The predicted molar refractivity (Wildman–Crippen MR) is 48.1 cm³/mol. The summed E-state index contributed by atoms with van der Waals surface area (Å²) in [4.78, 5) is 22.2. The fourth-order valence-electron chi connectivity index (χ4n) is 1.04. The zero-order valence-electron chi connectivity index (χ0n) is 8.10. The number of ketones is 1. The standard InChI is InChI=1S/C9H16FNO2/c1-3-4-7(2)8(12)9(13)11-6-5-10/h7H,3-6H2,1-2H3,(H,11,13). The minimum atomic E-state index is -0.668. The van der Waals surface area contributed by atoms with Crippen molar-refractivity contribution in [1.82, 2.24) is 5.32 Å². The lowest BCUT2D eigenvalue weighted by molar-refractivity contribution is -0.140. The van der Waals surface area contributed by atoms with Gasteiger partial charge in [0, 0.05) is 12.5 Å². The van der Waals surface area contributed by atoms with E-state index in [1.165, 1.54) is 0 Å². The molecule has 0 spiro atoms. The Morgan fingerprint density at radius 1 is 1.46 bits per heavy atom. The van der Waals surface area contributed by atoms with Gasteiger partial charge >= 0.3 is 0 Å². The van der Waals surface area contributed by atoms with Gasteiger partial charge in [0.25, 0.3) is 5.91 Å². The first-order chi connectivity index (χ1) is 6.13. The molecule has 1 unspecified atom stereocenters. The van der Waals surface area contributed by atoms with Crippen molar-refractivity contribution in [2.75, 3.05) is 13.2 Å². The van der Waals surface area contributed by atoms with Crippen LogP contribution in [0.3, 0.4) is 0 Å². The van der Waals surface area contributed by atoms with Crippen molar-refractivity contribution in [3.63, 3.8) is 0 Å². The highest BCUT2D eigenvalue weighted by Crippen LogP contribution is 2.05. The number of rotatable bonds is 6. The Balaban J connectivity index is 3.87. The van der Waals surface area contributed by atoms with Crippen LogP contribution in [0.5, 0.6) is 0 Å². The Kier molecular flexibility index (Phi) is 6.10. The Morgan fingerprint density at radius 2 is 2.08 bits per heavy atom. The van der Waals surface area contributed by atoms with E-state index in [0.717, 1.165) is 6.42 Å². The van der Waals surface area contributed by atoms with Gasteiger partial charge < -0.3 is 5.32 Å². The topological polar surface area (TPSA) is 46.2 Å². The summed E-state index contributed by atoms with van der Waals surface area (Å²) in [7, 11) is 0. The molecule has 0 aliphatic heterocycles. The van der Waals surface area contributed by atoms with Crippen LogP contribution < -0.4 is 5.32 Å². The molecule has 76 valence electrons. The first-order valence-corrected chi connectivity index (χ1v) is 4.51. The third-order valence-electron chi connectivity index (χ3n) is 1.77. The third kappa shape index (κ3) is 4.60. The van der Waals surface area contributed by atoms with Gasteiger partial charge in [-0.05, 0) is 6.42 Å².